The maximum atomic E-state index is 13.9. The molecule has 0 spiro atoms. The first-order valence-electron chi connectivity index (χ1n) is 5.83. The van der Waals surface area contributed by atoms with E-state index in [9.17, 15) is 4.39 Å². The Hall–Kier alpha value is -0.610. The molecule has 1 unspecified atom stereocenters. The Morgan fingerprint density at radius 2 is 2.35 bits per heavy atom. The first-order valence-corrected chi connectivity index (χ1v) is 6.95. The van der Waals surface area contributed by atoms with Gasteiger partial charge in [0.15, 0.2) is 0 Å². The van der Waals surface area contributed by atoms with Crippen LogP contribution in [-0.2, 0) is 10.1 Å². The summed E-state index contributed by atoms with van der Waals surface area (Å²) in [6, 6.07) is 5.26. The first kappa shape index (κ1) is 12.8. The Morgan fingerprint density at radius 3 is 3.06 bits per heavy atom. The molecule has 4 heteroatoms. The third-order valence-corrected chi connectivity index (χ3v) is 3.82. The van der Waals surface area contributed by atoms with Gasteiger partial charge in [-0.15, -0.1) is 0 Å². The van der Waals surface area contributed by atoms with Crippen molar-refractivity contribution in [2.24, 2.45) is 5.92 Å². The van der Waals surface area contributed by atoms with Gasteiger partial charge >= 0.3 is 0 Å². The number of ether oxygens (including phenoxy) is 1. The summed E-state index contributed by atoms with van der Waals surface area (Å²) in [5, 5.41) is 0.686. The van der Waals surface area contributed by atoms with Crippen molar-refractivity contribution in [1.29, 1.82) is 0 Å². The van der Waals surface area contributed by atoms with E-state index in [2.05, 4.69) is 20.8 Å². The average Bonchev–Trinajstić information content (AvgIpc) is 2.77. The van der Waals surface area contributed by atoms with Gasteiger partial charge in [-0.3, -0.25) is 0 Å². The summed E-state index contributed by atoms with van der Waals surface area (Å²) in [4.78, 5) is 2.13. The molecule has 1 fully saturated rings. The van der Waals surface area contributed by atoms with Gasteiger partial charge < -0.3 is 9.64 Å². The fourth-order valence-electron chi connectivity index (χ4n) is 2.43. The number of halogens is 2. The Balaban J connectivity index is 2.18. The first-order chi connectivity index (χ1) is 8.26. The Bertz CT molecular complexity index is 386. The minimum absolute atomic E-state index is 0.125. The van der Waals surface area contributed by atoms with Crippen LogP contribution in [0.25, 0.3) is 0 Å². The van der Waals surface area contributed by atoms with E-state index >= 15 is 0 Å². The SMILES string of the molecule is COCC1CCN(c2c(F)cccc2CBr)C1. The third-order valence-electron chi connectivity index (χ3n) is 3.22. The number of hydrogen-bond acceptors (Lipinski definition) is 2. The molecule has 1 aliphatic heterocycles. The lowest BCUT2D eigenvalue weighted by atomic mass is 10.1. The molecule has 1 atom stereocenters. The lowest BCUT2D eigenvalue weighted by Crippen LogP contribution is -2.23. The minimum Gasteiger partial charge on any atom is -0.384 e. The molecule has 17 heavy (non-hydrogen) atoms. The molecule has 1 heterocycles. The van der Waals surface area contributed by atoms with Crippen LogP contribution in [0.5, 0.6) is 0 Å². The molecule has 0 saturated carbocycles. The van der Waals surface area contributed by atoms with Gasteiger partial charge in [0, 0.05) is 31.4 Å². The number of benzene rings is 1. The number of anilines is 1. The molecule has 0 aliphatic carbocycles. The largest absolute Gasteiger partial charge is 0.384 e. The summed E-state index contributed by atoms with van der Waals surface area (Å²) < 4.78 is 19.1. The van der Waals surface area contributed by atoms with Crippen molar-refractivity contribution in [2.45, 2.75) is 11.8 Å². The monoisotopic (exact) mass is 301 g/mol. The lowest BCUT2D eigenvalue weighted by molar-refractivity contribution is 0.161. The highest BCUT2D eigenvalue weighted by molar-refractivity contribution is 9.08. The van der Waals surface area contributed by atoms with Gasteiger partial charge in [-0.05, 0) is 18.1 Å². The van der Waals surface area contributed by atoms with Crippen LogP contribution in [0, 0.1) is 11.7 Å². The van der Waals surface area contributed by atoms with Crippen LogP contribution in [0.1, 0.15) is 12.0 Å². The van der Waals surface area contributed by atoms with Crippen molar-refractivity contribution in [1.82, 2.24) is 0 Å². The van der Waals surface area contributed by atoms with Gasteiger partial charge in [0.05, 0.1) is 12.3 Å². The van der Waals surface area contributed by atoms with E-state index in [0.717, 1.165) is 37.4 Å². The molecule has 0 amide bonds. The van der Waals surface area contributed by atoms with Crippen LogP contribution in [0.3, 0.4) is 0 Å². The minimum atomic E-state index is -0.125. The topological polar surface area (TPSA) is 12.5 Å². The zero-order valence-electron chi connectivity index (χ0n) is 9.96. The van der Waals surface area contributed by atoms with Crippen molar-refractivity contribution in [2.75, 3.05) is 31.7 Å². The van der Waals surface area contributed by atoms with E-state index in [-0.39, 0.29) is 5.82 Å². The second kappa shape index (κ2) is 5.83. The van der Waals surface area contributed by atoms with Crippen molar-refractivity contribution < 1.29 is 9.13 Å². The van der Waals surface area contributed by atoms with Crippen LogP contribution in [-0.4, -0.2) is 26.8 Å². The summed E-state index contributed by atoms with van der Waals surface area (Å²) >= 11 is 3.42. The summed E-state index contributed by atoms with van der Waals surface area (Å²) in [5.41, 5.74) is 1.77. The van der Waals surface area contributed by atoms with Gasteiger partial charge in [-0.2, -0.15) is 0 Å². The van der Waals surface area contributed by atoms with Crippen molar-refractivity contribution in [3.63, 3.8) is 0 Å². The Morgan fingerprint density at radius 1 is 1.53 bits per heavy atom. The molecule has 0 radical (unpaired) electrons. The van der Waals surface area contributed by atoms with Crippen LogP contribution in [0.4, 0.5) is 10.1 Å². The summed E-state index contributed by atoms with van der Waals surface area (Å²) in [5.74, 6) is 0.391. The predicted molar refractivity (Wildman–Crippen MR) is 71.2 cm³/mol. The predicted octanol–water partition coefficient (Wildman–Crippen LogP) is 3.19. The second-order valence-corrected chi connectivity index (χ2v) is 5.00. The lowest BCUT2D eigenvalue weighted by Gasteiger charge is -2.22. The summed E-state index contributed by atoms with van der Waals surface area (Å²) in [6.45, 7) is 2.55. The van der Waals surface area contributed by atoms with E-state index in [4.69, 9.17) is 4.74 Å². The number of alkyl halides is 1. The maximum Gasteiger partial charge on any atom is 0.146 e. The molecule has 0 aromatic heterocycles. The normalized spacial score (nSPS) is 19.9. The maximum absolute atomic E-state index is 13.9. The molecule has 94 valence electrons. The summed E-state index contributed by atoms with van der Waals surface area (Å²) in [7, 11) is 1.72. The number of para-hydroxylation sites is 1. The van der Waals surface area contributed by atoms with Crippen LogP contribution < -0.4 is 4.90 Å². The van der Waals surface area contributed by atoms with Crippen molar-refractivity contribution in [3.05, 3.63) is 29.6 Å². The average molecular weight is 302 g/mol. The number of methoxy groups -OCH3 is 1. The third kappa shape index (κ3) is 2.80. The van der Waals surface area contributed by atoms with E-state index in [0.29, 0.717) is 11.2 Å². The highest BCUT2D eigenvalue weighted by Crippen LogP contribution is 2.31. The zero-order chi connectivity index (χ0) is 12.3. The van der Waals surface area contributed by atoms with Gasteiger partial charge in [-0.1, -0.05) is 28.1 Å². The molecule has 2 nitrogen and oxygen atoms in total. The highest BCUT2D eigenvalue weighted by atomic mass is 79.9. The van der Waals surface area contributed by atoms with E-state index in [1.54, 1.807) is 13.2 Å². The smallest absolute Gasteiger partial charge is 0.146 e. The molecule has 1 aliphatic rings. The van der Waals surface area contributed by atoms with E-state index in [1.165, 1.54) is 6.07 Å². The number of nitrogens with zero attached hydrogens (tertiary/aromatic N) is 1. The van der Waals surface area contributed by atoms with Crippen LogP contribution >= 0.6 is 15.9 Å². The number of hydrogen-bond donors (Lipinski definition) is 0. The van der Waals surface area contributed by atoms with Crippen molar-refractivity contribution in [3.8, 4) is 0 Å². The molecule has 1 saturated heterocycles. The molecule has 0 bridgehead atoms. The zero-order valence-corrected chi connectivity index (χ0v) is 11.5. The van der Waals surface area contributed by atoms with E-state index < -0.39 is 0 Å². The molecular formula is C13H17BrFNO. The fraction of sp³-hybridized carbons (Fsp3) is 0.538. The molecule has 0 N–H and O–H groups in total. The number of rotatable bonds is 4. The molecule has 2 rings (SSSR count). The van der Waals surface area contributed by atoms with Crippen LogP contribution in [0.2, 0.25) is 0 Å². The molecule has 1 aromatic carbocycles. The second-order valence-electron chi connectivity index (χ2n) is 4.44. The van der Waals surface area contributed by atoms with Gasteiger partial charge in [0.1, 0.15) is 5.82 Å². The van der Waals surface area contributed by atoms with E-state index in [1.807, 2.05) is 6.07 Å². The Kier molecular flexibility index (Phi) is 4.40. The van der Waals surface area contributed by atoms with Gasteiger partial charge in [-0.25, -0.2) is 4.39 Å². The quantitative estimate of drug-likeness (QED) is 0.792. The highest BCUT2D eigenvalue weighted by Gasteiger charge is 2.25. The molecule has 1 aromatic rings. The van der Waals surface area contributed by atoms with Gasteiger partial charge in [0.25, 0.3) is 0 Å². The molecular weight excluding hydrogens is 285 g/mol. The Labute approximate surface area is 110 Å². The fourth-order valence-corrected chi connectivity index (χ4v) is 2.88. The van der Waals surface area contributed by atoms with Crippen LogP contribution in [0.15, 0.2) is 18.2 Å². The summed E-state index contributed by atoms with van der Waals surface area (Å²) in [6.07, 6.45) is 1.07. The van der Waals surface area contributed by atoms with Crippen molar-refractivity contribution >= 4 is 21.6 Å². The van der Waals surface area contributed by atoms with Gasteiger partial charge in [0.2, 0.25) is 0 Å². The standard InChI is InChI=1S/C13H17BrFNO/c1-17-9-10-5-6-16(8-10)13-11(7-14)3-2-4-12(13)15/h2-4,10H,5-9H2,1H3.